The number of aliphatic hydroxyl groups is 1. The monoisotopic (exact) mass is 468 g/mol. The molecular weight excluding hydrogens is 432 g/mol. The fourth-order valence-electron chi connectivity index (χ4n) is 7.64. The van der Waals surface area contributed by atoms with Crippen LogP contribution < -0.4 is 10.2 Å². The topological polar surface area (TPSA) is 102 Å². The Hall–Kier alpha value is -2.42. The Morgan fingerprint density at radius 3 is 2.38 bits per heavy atom. The lowest BCUT2D eigenvalue weighted by molar-refractivity contribution is -0.163. The van der Waals surface area contributed by atoms with E-state index in [1.54, 1.807) is 18.5 Å². The average molecular weight is 469 g/mol. The molecule has 4 saturated carbocycles. The third-order valence-electron chi connectivity index (χ3n) is 9.12. The first-order chi connectivity index (χ1) is 16.5. The molecule has 3 atom stereocenters. The zero-order chi connectivity index (χ0) is 23.3. The summed E-state index contributed by atoms with van der Waals surface area (Å²) in [6.45, 7) is 4.09. The zero-order valence-electron chi connectivity index (χ0n) is 19.8. The first-order valence-electron chi connectivity index (χ1n) is 13.1. The largest absolute Gasteiger partial charge is 0.393 e. The van der Waals surface area contributed by atoms with Crippen molar-refractivity contribution in [1.82, 2.24) is 25.1 Å². The number of likely N-dealkylation sites (tertiary alicyclic amines) is 1. The van der Waals surface area contributed by atoms with Crippen LogP contribution in [0.1, 0.15) is 44.9 Å². The number of carbonyl (C=O) groups excluding carboxylic acids is 2. The van der Waals surface area contributed by atoms with Crippen LogP contribution in [0.4, 0.5) is 10.7 Å². The fourth-order valence-corrected chi connectivity index (χ4v) is 7.64. The molecule has 2 N–H and O–H groups in total. The molecular formula is C25H36N6O3. The molecule has 0 aromatic carbocycles. The van der Waals surface area contributed by atoms with Gasteiger partial charge in [0.2, 0.25) is 11.9 Å². The highest BCUT2D eigenvalue weighted by atomic mass is 16.3. The molecule has 7 rings (SSSR count). The number of anilines is 1. The van der Waals surface area contributed by atoms with E-state index >= 15 is 0 Å². The second-order valence-electron chi connectivity index (χ2n) is 11.3. The normalized spacial score (nSPS) is 37.1. The molecule has 3 heterocycles. The number of rotatable bonds is 3. The molecule has 1 aromatic rings. The number of nitrogens with one attached hydrogen (secondary N) is 1. The molecule has 6 aliphatic rings. The number of piperidine rings is 1. The minimum atomic E-state index is -0.294. The van der Waals surface area contributed by atoms with Crippen molar-refractivity contribution in [3.63, 3.8) is 0 Å². The molecule has 34 heavy (non-hydrogen) atoms. The maximum absolute atomic E-state index is 13.5. The minimum Gasteiger partial charge on any atom is -0.393 e. The van der Waals surface area contributed by atoms with Gasteiger partial charge in [-0.3, -0.25) is 4.79 Å². The third kappa shape index (κ3) is 3.91. The van der Waals surface area contributed by atoms with Crippen molar-refractivity contribution in [2.75, 3.05) is 44.2 Å². The zero-order valence-corrected chi connectivity index (χ0v) is 19.8. The highest BCUT2D eigenvalue weighted by Gasteiger charge is 2.58. The van der Waals surface area contributed by atoms with Crippen LogP contribution >= 0.6 is 0 Å². The molecule has 3 amide bonds. The standard InChI is InChI=1S/C25H36N6O3/c32-21-18-11-17-12-19(21)15-25(13-17,14-18)22(33)28-20-3-1-6-31(16-20)24(34)30-9-7-29(8-10-30)23-26-4-2-5-27-23/h2,4-5,17-21,32H,1,3,6-16H2,(H,28,33). The number of hydrogen-bond donors (Lipinski definition) is 2. The maximum Gasteiger partial charge on any atom is 0.320 e. The Morgan fingerprint density at radius 1 is 0.971 bits per heavy atom. The molecule has 184 valence electrons. The Morgan fingerprint density at radius 2 is 1.68 bits per heavy atom. The number of aliphatic hydroxyl groups excluding tert-OH is 1. The second kappa shape index (κ2) is 8.66. The lowest BCUT2D eigenvalue weighted by Gasteiger charge is -2.58. The van der Waals surface area contributed by atoms with Crippen LogP contribution in [0.2, 0.25) is 0 Å². The minimum absolute atomic E-state index is 0.0159. The van der Waals surface area contributed by atoms with Crippen LogP contribution in [0.5, 0.6) is 0 Å². The van der Waals surface area contributed by atoms with E-state index in [2.05, 4.69) is 20.2 Å². The Labute approximate surface area is 200 Å². The summed E-state index contributed by atoms with van der Waals surface area (Å²) in [7, 11) is 0. The van der Waals surface area contributed by atoms with Crippen molar-refractivity contribution in [2.45, 2.75) is 57.1 Å². The smallest absolute Gasteiger partial charge is 0.320 e. The molecule has 4 aliphatic carbocycles. The van der Waals surface area contributed by atoms with Gasteiger partial charge in [0.05, 0.1) is 11.5 Å². The first kappa shape index (κ1) is 22.1. The van der Waals surface area contributed by atoms with Crippen molar-refractivity contribution in [1.29, 1.82) is 0 Å². The summed E-state index contributed by atoms with van der Waals surface area (Å²) in [5.41, 5.74) is -0.294. The summed E-state index contributed by atoms with van der Waals surface area (Å²) in [6.07, 6.45) is 9.91. The van der Waals surface area contributed by atoms with Gasteiger partial charge in [-0.1, -0.05) is 0 Å². The van der Waals surface area contributed by atoms with Crippen LogP contribution in [0.3, 0.4) is 0 Å². The number of aromatic nitrogens is 2. The molecule has 1 aromatic heterocycles. The molecule has 0 spiro atoms. The van der Waals surface area contributed by atoms with Gasteiger partial charge >= 0.3 is 6.03 Å². The number of nitrogens with zero attached hydrogens (tertiary/aromatic N) is 5. The Bertz CT molecular complexity index is 904. The number of carbonyl (C=O) groups is 2. The SMILES string of the molecule is O=C(N1CCN(c2ncccn2)CC1)N1CCCC(NC(=O)C23CC4CC(C2)C(O)C(C4)C3)C1. The second-order valence-corrected chi connectivity index (χ2v) is 11.3. The van der Waals surface area contributed by atoms with Crippen LogP contribution in [0.25, 0.3) is 0 Å². The molecule has 6 fully saturated rings. The van der Waals surface area contributed by atoms with E-state index in [-0.39, 0.29) is 29.5 Å². The predicted octanol–water partition coefficient (Wildman–Crippen LogP) is 1.49. The van der Waals surface area contributed by atoms with E-state index in [0.29, 0.717) is 43.3 Å². The highest BCUT2D eigenvalue weighted by molar-refractivity contribution is 5.83. The molecule has 9 heteroatoms. The maximum atomic E-state index is 13.5. The van der Waals surface area contributed by atoms with E-state index in [1.165, 1.54) is 0 Å². The quantitative estimate of drug-likeness (QED) is 0.697. The fraction of sp³-hybridized carbons (Fsp3) is 0.760. The van der Waals surface area contributed by atoms with E-state index in [0.717, 1.165) is 64.6 Å². The first-order valence-corrected chi connectivity index (χ1v) is 13.1. The molecule has 0 radical (unpaired) electrons. The Kier molecular flexibility index (Phi) is 5.62. The third-order valence-corrected chi connectivity index (χ3v) is 9.12. The summed E-state index contributed by atoms with van der Waals surface area (Å²) < 4.78 is 0. The van der Waals surface area contributed by atoms with Crippen LogP contribution in [-0.2, 0) is 4.79 Å². The lowest BCUT2D eigenvalue weighted by Crippen LogP contribution is -2.61. The van der Waals surface area contributed by atoms with E-state index in [9.17, 15) is 14.7 Å². The van der Waals surface area contributed by atoms with Gasteiger partial charge in [0, 0.05) is 57.7 Å². The molecule has 2 saturated heterocycles. The van der Waals surface area contributed by atoms with Crippen molar-refractivity contribution in [3.8, 4) is 0 Å². The van der Waals surface area contributed by atoms with Gasteiger partial charge < -0.3 is 25.1 Å². The van der Waals surface area contributed by atoms with Gasteiger partial charge in [-0.25, -0.2) is 14.8 Å². The van der Waals surface area contributed by atoms with Crippen molar-refractivity contribution in [3.05, 3.63) is 18.5 Å². The van der Waals surface area contributed by atoms with Gasteiger partial charge in [0.25, 0.3) is 0 Å². The number of hydrogen-bond acceptors (Lipinski definition) is 6. The summed E-state index contributed by atoms with van der Waals surface area (Å²) in [4.78, 5) is 41.3. The summed E-state index contributed by atoms with van der Waals surface area (Å²) in [6, 6.07) is 1.90. The molecule has 4 bridgehead atoms. The van der Waals surface area contributed by atoms with Crippen molar-refractivity contribution >= 4 is 17.9 Å². The lowest BCUT2D eigenvalue weighted by atomic mass is 9.48. The summed E-state index contributed by atoms with van der Waals surface area (Å²) in [5.74, 6) is 2.07. The number of urea groups is 1. The van der Waals surface area contributed by atoms with Crippen LogP contribution in [0, 0.1) is 23.2 Å². The van der Waals surface area contributed by atoms with Crippen molar-refractivity contribution in [2.24, 2.45) is 23.2 Å². The van der Waals surface area contributed by atoms with Crippen LogP contribution in [0.15, 0.2) is 18.5 Å². The van der Waals surface area contributed by atoms with Crippen LogP contribution in [-0.4, -0.2) is 88.2 Å². The number of amides is 3. The predicted molar refractivity (Wildman–Crippen MR) is 126 cm³/mol. The molecule has 9 nitrogen and oxygen atoms in total. The van der Waals surface area contributed by atoms with Gasteiger partial charge in [-0.05, 0) is 68.8 Å². The molecule has 3 unspecified atom stereocenters. The summed E-state index contributed by atoms with van der Waals surface area (Å²) in [5, 5.41) is 13.9. The van der Waals surface area contributed by atoms with Crippen molar-refractivity contribution < 1.29 is 14.7 Å². The average Bonchev–Trinajstić information content (AvgIpc) is 2.87. The molecule has 2 aliphatic heterocycles. The highest BCUT2D eigenvalue weighted by Crippen LogP contribution is 2.60. The van der Waals surface area contributed by atoms with E-state index < -0.39 is 0 Å². The Balaban J connectivity index is 1.04. The summed E-state index contributed by atoms with van der Waals surface area (Å²) >= 11 is 0. The number of piperazine rings is 1. The van der Waals surface area contributed by atoms with Gasteiger partial charge in [-0.2, -0.15) is 0 Å². The van der Waals surface area contributed by atoms with Gasteiger partial charge in [-0.15, -0.1) is 0 Å². The van der Waals surface area contributed by atoms with Gasteiger partial charge in [0.15, 0.2) is 0 Å². The van der Waals surface area contributed by atoms with Gasteiger partial charge in [0.1, 0.15) is 0 Å². The van der Waals surface area contributed by atoms with E-state index in [4.69, 9.17) is 0 Å². The van der Waals surface area contributed by atoms with E-state index in [1.807, 2.05) is 9.80 Å².